The van der Waals surface area contributed by atoms with Crippen LogP contribution < -0.4 is 16.0 Å². The van der Waals surface area contributed by atoms with Crippen LogP contribution in [0.3, 0.4) is 0 Å². The molecule has 0 bridgehead atoms. The Bertz CT molecular complexity index is 1700. The highest BCUT2D eigenvalue weighted by Gasteiger charge is 2.19. The maximum Gasteiger partial charge on any atom is 0.335 e. The highest BCUT2D eigenvalue weighted by Crippen LogP contribution is 2.29. The molecule has 1 atom stereocenters. The molecule has 4 aromatic carbocycles. The first-order valence-electron chi connectivity index (χ1n) is 12.8. The van der Waals surface area contributed by atoms with E-state index in [1.807, 2.05) is 0 Å². The number of carboxylic acid groups (broad SMARTS) is 1. The molecule has 0 aliphatic heterocycles. The number of aromatic carboxylic acids is 1. The minimum atomic E-state index is -1.14. The van der Waals surface area contributed by atoms with Crippen molar-refractivity contribution in [3.05, 3.63) is 129 Å². The van der Waals surface area contributed by atoms with Crippen LogP contribution in [-0.2, 0) is 9.59 Å². The topological polar surface area (TPSA) is 125 Å². The Labute approximate surface area is 262 Å². The smallest absolute Gasteiger partial charge is 0.335 e. The lowest BCUT2D eigenvalue weighted by atomic mass is 10.1. The molecule has 43 heavy (non-hydrogen) atoms. The fourth-order valence-corrected chi connectivity index (χ4v) is 4.98. The number of carbonyl (C=O) groups excluding carboxylic acids is 3. The molecule has 4 rings (SSSR count). The SMILES string of the molecule is CC(Sc1cccc(NC(=O)/C(=C/c2ccc(Cl)cc2)NC(=O)c2ccccc2)c1)C(=O)Nc1cc(C(=O)O)ccc1Cl. The molecular formula is C32H25Cl2N3O5S. The third-order valence-corrected chi connectivity index (χ3v) is 7.63. The maximum absolute atomic E-state index is 13.4. The van der Waals surface area contributed by atoms with Gasteiger partial charge in [0.15, 0.2) is 0 Å². The normalized spacial score (nSPS) is 11.7. The number of rotatable bonds is 10. The summed E-state index contributed by atoms with van der Waals surface area (Å²) in [6.45, 7) is 1.69. The number of benzene rings is 4. The van der Waals surface area contributed by atoms with Crippen LogP contribution in [0.4, 0.5) is 11.4 Å². The van der Waals surface area contributed by atoms with Crippen molar-refractivity contribution >= 4 is 76.1 Å². The second kappa shape index (κ2) is 14.6. The molecule has 1 unspecified atom stereocenters. The molecule has 218 valence electrons. The summed E-state index contributed by atoms with van der Waals surface area (Å²) in [6, 6.07) is 26.3. The van der Waals surface area contributed by atoms with Gasteiger partial charge in [0.25, 0.3) is 11.8 Å². The lowest BCUT2D eigenvalue weighted by Gasteiger charge is -2.15. The Morgan fingerprint density at radius 1 is 0.814 bits per heavy atom. The van der Waals surface area contributed by atoms with Gasteiger partial charge >= 0.3 is 5.97 Å². The maximum atomic E-state index is 13.4. The molecule has 0 aromatic heterocycles. The molecule has 4 aromatic rings. The van der Waals surface area contributed by atoms with Crippen molar-refractivity contribution in [3.8, 4) is 0 Å². The van der Waals surface area contributed by atoms with E-state index >= 15 is 0 Å². The first-order chi connectivity index (χ1) is 20.6. The summed E-state index contributed by atoms with van der Waals surface area (Å²) in [4.78, 5) is 51.0. The van der Waals surface area contributed by atoms with Crippen molar-refractivity contribution < 1.29 is 24.3 Å². The van der Waals surface area contributed by atoms with Crippen LogP contribution >= 0.6 is 35.0 Å². The van der Waals surface area contributed by atoms with Gasteiger partial charge in [-0.2, -0.15) is 0 Å². The molecule has 0 saturated carbocycles. The largest absolute Gasteiger partial charge is 0.478 e. The highest BCUT2D eigenvalue weighted by molar-refractivity contribution is 8.00. The zero-order valence-electron chi connectivity index (χ0n) is 22.6. The lowest BCUT2D eigenvalue weighted by molar-refractivity contribution is -0.115. The van der Waals surface area contributed by atoms with Gasteiger partial charge in [0, 0.05) is 21.2 Å². The highest BCUT2D eigenvalue weighted by atomic mass is 35.5. The van der Waals surface area contributed by atoms with Crippen molar-refractivity contribution in [2.45, 2.75) is 17.1 Å². The summed E-state index contributed by atoms with van der Waals surface area (Å²) in [5.41, 5.74) is 1.68. The van der Waals surface area contributed by atoms with E-state index in [9.17, 15) is 24.3 Å². The zero-order chi connectivity index (χ0) is 30.9. The third kappa shape index (κ3) is 8.96. The average molecular weight is 635 g/mol. The van der Waals surface area contributed by atoms with E-state index in [1.165, 1.54) is 30.0 Å². The summed E-state index contributed by atoms with van der Waals surface area (Å²) in [5.74, 6) is -2.53. The minimum absolute atomic E-state index is 0.00658. The Balaban J connectivity index is 1.48. The number of nitrogens with one attached hydrogen (secondary N) is 3. The Kier molecular flexibility index (Phi) is 10.6. The van der Waals surface area contributed by atoms with Crippen molar-refractivity contribution in [2.24, 2.45) is 0 Å². The van der Waals surface area contributed by atoms with E-state index in [-0.39, 0.29) is 27.9 Å². The van der Waals surface area contributed by atoms with E-state index in [2.05, 4.69) is 16.0 Å². The van der Waals surface area contributed by atoms with Gasteiger partial charge in [-0.25, -0.2) is 4.79 Å². The third-order valence-electron chi connectivity index (χ3n) is 5.95. The van der Waals surface area contributed by atoms with Crippen molar-refractivity contribution in [3.63, 3.8) is 0 Å². The monoisotopic (exact) mass is 633 g/mol. The molecule has 8 nitrogen and oxygen atoms in total. The molecule has 3 amide bonds. The molecule has 0 radical (unpaired) electrons. The van der Waals surface area contributed by atoms with E-state index < -0.39 is 23.0 Å². The first-order valence-corrected chi connectivity index (χ1v) is 14.5. The van der Waals surface area contributed by atoms with Crippen molar-refractivity contribution in [1.29, 1.82) is 0 Å². The fourth-order valence-electron chi connectivity index (χ4n) is 3.76. The van der Waals surface area contributed by atoms with Crippen LogP contribution in [0.2, 0.25) is 10.0 Å². The predicted octanol–water partition coefficient (Wildman–Crippen LogP) is 7.22. The van der Waals surface area contributed by atoms with Crippen LogP contribution in [0.5, 0.6) is 0 Å². The Morgan fingerprint density at radius 2 is 1.53 bits per heavy atom. The predicted molar refractivity (Wildman–Crippen MR) is 171 cm³/mol. The van der Waals surface area contributed by atoms with Gasteiger partial charge in [-0.3, -0.25) is 14.4 Å². The Morgan fingerprint density at radius 3 is 2.23 bits per heavy atom. The molecule has 0 spiro atoms. The molecule has 0 aliphatic rings. The van der Waals surface area contributed by atoms with Crippen molar-refractivity contribution in [1.82, 2.24) is 5.32 Å². The number of hydrogen-bond donors (Lipinski definition) is 4. The molecular weight excluding hydrogens is 609 g/mol. The van der Waals surface area contributed by atoms with Gasteiger partial charge in [0.2, 0.25) is 5.91 Å². The molecule has 4 N–H and O–H groups in total. The van der Waals surface area contributed by atoms with E-state index in [0.717, 1.165) is 0 Å². The summed E-state index contributed by atoms with van der Waals surface area (Å²) < 4.78 is 0. The number of thioether (sulfide) groups is 1. The van der Waals surface area contributed by atoms with Crippen LogP contribution in [0, 0.1) is 0 Å². The number of hydrogen-bond acceptors (Lipinski definition) is 5. The number of halogens is 2. The molecule has 0 heterocycles. The van der Waals surface area contributed by atoms with E-state index in [4.69, 9.17) is 23.2 Å². The van der Waals surface area contributed by atoms with E-state index in [0.29, 0.717) is 26.7 Å². The molecule has 0 saturated heterocycles. The number of carboxylic acids is 1. The van der Waals surface area contributed by atoms with E-state index in [1.54, 1.807) is 91.9 Å². The number of anilines is 2. The van der Waals surface area contributed by atoms with Crippen molar-refractivity contribution in [2.75, 3.05) is 10.6 Å². The van der Waals surface area contributed by atoms with Crippen LogP contribution in [-0.4, -0.2) is 34.0 Å². The van der Waals surface area contributed by atoms with Gasteiger partial charge < -0.3 is 21.1 Å². The van der Waals surface area contributed by atoms with Gasteiger partial charge in [-0.1, -0.05) is 59.6 Å². The molecule has 0 fully saturated rings. The molecule has 0 aliphatic carbocycles. The fraction of sp³-hybridized carbons (Fsp3) is 0.0625. The first kappa shape index (κ1) is 31.4. The Hall–Kier alpha value is -4.57. The quantitative estimate of drug-likeness (QED) is 0.108. The standard InChI is InChI=1S/C32H25Cl2N3O5S/c1-19(29(38)36-27-17-22(32(41)42)12-15-26(27)34)43-25-9-5-8-24(18-25)35-31(40)28(16-20-10-13-23(33)14-11-20)37-30(39)21-6-3-2-4-7-21/h2-19H,1H3,(H,35,40)(H,36,38)(H,37,39)(H,41,42)/b28-16-. The van der Waals surface area contributed by atoms with Crippen LogP contribution in [0.25, 0.3) is 6.08 Å². The summed E-state index contributed by atoms with van der Waals surface area (Å²) in [5, 5.41) is 17.5. The van der Waals surface area contributed by atoms with Crippen LogP contribution in [0.1, 0.15) is 33.2 Å². The minimum Gasteiger partial charge on any atom is -0.478 e. The summed E-state index contributed by atoms with van der Waals surface area (Å²) in [6.07, 6.45) is 1.54. The second-order valence-electron chi connectivity index (χ2n) is 9.16. The number of carbonyl (C=O) groups is 4. The summed E-state index contributed by atoms with van der Waals surface area (Å²) in [7, 11) is 0. The zero-order valence-corrected chi connectivity index (χ0v) is 25.0. The summed E-state index contributed by atoms with van der Waals surface area (Å²) >= 11 is 13.4. The number of amides is 3. The molecule has 11 heteroatoms. The van der Waals surface area contributed by atoms with Gasteiger partial charge in [-0.05, 0) is 79.2 Å². The second-order valence-corrected chi connectivity index (χ2v) is 11.4. The van der Waals surface area contributed by atoms with Gasteiger partial charge in [0.1, 0.15) is 5.70 Å². The van der Waals surface area contributed by atoms with Crippen LogP contribution in [0.15, 0.2) is 108 Å². The lowest BCUT2D eigenvalue weighted by Crippen LogP contribution is -2.30. The van der Waals surface area contributed by atoms with Gasteiger partial charge in [-0.15, -0.1) is 11.8 Å². The van der Waals surface area contributed by atoms with Gasteiger partial charge in [0.05, 0.1) is 21.5 Å². The average Bonchev–Trinajstić information content (AvgIpc) is 2.99.